The zero-order chi connectivity index (χ0) is 37.4. The molecule has 10 aromatic rings. The van der Waals surface area contributed by atoms with Gasteiger partial charge in [-0.05, 0) is 46.5 Å². The van der Waals surface area contributed by atoms with Crippen molar-refractivity contribution in [2.24, 2.45) is 0 Å². The summed E-state index contributed by atoms with van der Waals surface area (Å²) in [6, 6.07) is 42.7. The summed E-state index contributed by atoms with van der Waals surface area (Å²) in [6.45, 7) is 0. The van der Waals surface area contributed by atoms with Crippen molar-refractivity contribution in [2.45, 2.75) is 0 Å². The maximum atomic E-state index is 8.67. The van der Waals surface area contributed by atoms with Gasteiger partial charge < -0.3 is 4.42 Å². The van der Waals surface area contributed by atoms with Crippen molar-refractivity contribution in [3.8, 4) is 56.4 Å². The molecular formula is C45H27N3OS. The summed E-state index contributed by atoms with van der Waals surface area (Å²) in [5.41, 5.74) is 7.01. The second-order valence-electron chi connectivity index (χ2n) is 12.0. The van der Waals surface area contributed by atoms with Crippen molar-refractivity contribution in [1.29, 1.82) is 0 Å². The zero-order valence-electron chi connectivity index (χ0n) is 31.4. The van der Waals surface area contributed by atoms with Crippen molar-refractivity contribution >= 4 is 53.4 Å². The monoisotopic (exact) mass is 662 g/mol. The van der Waals surface area contributed by atoms with Gasteiger partial charge in [0, 0.05) is 42.1 Å². The molecule has 0 N–H and O–H groups in total. The third-order valence-electron chi connectivity index (χ3n) is 9.05. The van der Waals surface area contributed by atoms with E-state index in [-0.39, 0.29) is 29.3 Å². The van der Waals surface area contributed by atoms with Crippen LogP contribution in [0.3, 0.4) is 0 Å². The fraction of sp³-hybridized carbons (Fsp3) is 0. The Morgan fingerprint density at radius 1 is 0.480 bits per heavy atom. The Kier molecular flexibility index (Phi) is 5.54. The highest BCUT2D eigenvalue weighted by Gasteiger charge is 2.20. The molecule has 0 spiro atoms. The second kappa shape index (κ2) is 11.6. The van der Waals surface area contributed by atoms with Gasteiger partial charge in [0.05, 0.1) is 12.4 Å². The smallest absolute Gasteiger partial charge is 0.167 e. The zero-order valence-corrected chi connectivity index (χ0v) is 27.2. The number of fused-ring (bicyclic) bond motifs is 6. The SMILES string of the molecule is [2H]c1c([2H])c([2H])c(-c2nc(-c3ccccc3)nc(-c3cccc4c3oc3ccc(-c5ccc(-c6ccccc6)c6sc7ccccc7c56)cc34)n2)c([2H])c1[2H]. The molecule has 4 nitrogen and oxygen atoms in total. The number of furan rings is 1. The van der Waals surface area contributed by atoms with Crippen LogP contribution < -0.4 is 0 Å². The summed E-state index contributed by atoms with van der Waals surface area (Å²) in [5, 5.41) is 4.23. The first-order valence-electron chi connectivity index (χ1n) is 18.7. The van der Waals surface area contributed by atoms with Crippen molar-refractivity contribution in [1.82, 2.24) is 15.0 Å². The number of aromatic nitrogens is 3. The lowest BCUT2D eigenvalue weighted by atomic mass is 9.94. The third-order valence-corrected chi connectivity index (χ3v) is 10.3. The van der Waals surface area contributed by atoms with Crippen LogP contribution in [-0.2, 0) is 0 Å². The van der Waals surface area contributed by atoms with Gasteiger partial charge in [0.1, 0.15) is 11.2 Å². The van der Waals surface area contributed by atoms with Crippen molar-refractivity contribution in [3.05, 3.63) is 164 Å². The van der Waals surface area contributed by atoms with E-state index in [1.807, 2.05) is 72.0 Å². The first kappa shape index (κ1) is 23.8. The summed E-state index contributed by atoms with van der Waals surface area (Å²) < 4.78 is 51.1. The molecular weight excluding hydrogens is 631 g/mol. The topological polar surface area (TPSA) is 51.8 Å². The summed E-state index contributed by atoms with van der Waals surface area (Å²) in [7, 11) is 0. The minimum absolute atomic E-state index is 0.0257. The first-order valence-corrected chi connectivity index (χ1v) is 17.0. The Labute approximate surface area is 299 Å². The van der Waals surface area contributed by atoms with E-state index in [2.05, 4.69) is 77.8 Å². The minimum atomic E-state index is -0.484. The molecule has 50 heavy (non-hydrogen) atoms. The minimum Gasteiger partial charge on any atom is -0.455 e. The van der Waals surface area contributed by atoms with E-state index in [0.29, 0.717) is 28.1 Å². The van der Waals surface area contributed by atoms with E-state index in [1.54, 1.807) is 0 Å². The van der Waals surface area contributed by atoms with Crippen LogP contribution in [-0.4, -0.2) is 15.0 Å². The quantitative estimate of drug-likeness (QED) is 0.184. The van der Waals surface area contributed by atoms with Gasteiger partial charge in [-0.3, -0.25) is 0 Å². The molecule has 0 aliphatic carbocycles. The van der Waals surface area contributed by atoms with Gasteiger partial charge in [-0.2, -0.15) is 0 Å². The van der Waals surface area contributed by atoms with Crippen LogP contribution >= 0.6 is 11.3 Å². The maximum absolute atomic E-state index is 8.67. The molecule has 3 aromatic heterocycles. The second-order valence-corrected chi connectivity index (χ2v) is 13.0. The fourth-order valence-electron chi connectivity index (χ4n) is 6.74. The summed E-state index contributed by atoms with van der Waals surface area (Å²) in [6.07, 6.45) is 0. The maximum Gasteiger partial charge on any atom is 0.167 e. The largest absolute Gasteiger partial charge is 0.455 e. The Balaban J connectivity index is 1.18. The summed E-state index contributed by atoms with van der Waals surface area (Å²) >= 11 is 1.81. The molecule has 0 aliphatic rings. The van der Waals surface area contributed by atoms with E-state index in [4.69, 9.17) is 21.2 Å². The van der Waals surface area contributed by atoms with Crippen LogP contribution in [0.2, 0.25) is 0 Å². The van der Waals surface area contributed by atoms with Crippen LogP contribution in [0.4, 0.5) is 0 Å². The fourth-order valence-corrected chi connectivity index (χ4v) is 8.01. The number of thiophene rings is 1. The van der Waals surface area contributed by atoms with Gasteiger partial charge in [0.2, 0.25) is 0 Å². The van der Waals surface area contributed by atoms with Crippen molar-refractivity contribution < 1.29 is 11.3 Å². The molecule has 10 rings (SSSR count). The lowest BCUT2D eigenvalue weighted by Crippen LogP contribution is -2.00. The molecule has 0 fully saturated rings. The molecule has 0 radical (unpaired) electrons. The van der Waals surface area contributed by atoms with E-state index >= 15 is 0 Å². The lowest BCUT2D eigenvalue weighted by molar-refractivity contribution is 0.669. The van der Waals surface area contributed by atoms with E-state index in [0.717, 1.165) is 21.9 Å². The average Bonchev–Trinajstić information content (AvgIpc) is 3.81. The first-order chi connectivity index (χ1) is 26.9. The highest BCUT2D eigenvalue weighted by atomic mass is 32.1. The average molecular weight is 663 g/mol. The van der Waals surface area contributed by atoms with Crippen molar-refractivity contribution in [2.75, 3.05) is 0 Å². The molecule has 5 heteroatoms. The highest BCUT2D eigenvalue weighted by molar-refractivity contribution is 7.26. The summed E-state index contributed by atoms with van der Waals surface area (Å²) in [5.74, 6) is 0.527. The van der Waals surface area contributed by atoms with Crippen molar-refractivity contribution in [3.63, 3.8) is 0 Å². The standard InChI is InChI=1S/C45H27N3OS/c1-4-13-28(14-5-1)33-25-24-32(40-35-19-10-11-22-39(35)50-42(33)40)31-23-26-38-37(27-31)34-20-12-21-36(41(34)49-38)45-47-43(29-15-6-2-7-16-29)46-44(48-45)30-17-8-3-9-18-30/h1-27H/i2D,6D,7D,15D,16D. The molecule has 0 saturated carbocycles. The normalized spacial score (nSPS) is 13.0. The van der Waals surface area contributed by atoms with Gasteiger partial charge in [0.15, 0.2) is 17.5 Å². The van der Waals surface area contributed by atoms with Crippen LogP contribution in [0.5, 0.6) is 0 Å². The Hall–Kier alpha value is -6.43. The molecule has 0 amide bonds. The van der Waals surface area contributed by atoms with Crippen LogP contribution in [0.25, 0.3) is 98.5 Å². The van der Waals surface area contributed by atoms with E-state index < -0.39 is 18.1 Å². The van der Waals surface area contributed by atoms with E-state index in [1.165, 1.54) is 31.3 Å². The lowest BCUT2D eigenvalue weighted by Gasteiger charge is -2.10. The van der Waals surface area contributed by atoms with Crippen LogP contribution in [0, 0.1) is 0 Å². The molecule has 0 unspecified atom stereocenters. The van der Waals surface area contributed by atoms with Gasteiger partial charge in [-0.25, -0.2) is 15.0 Å². The highest BCUT2D eigenvalue weighted by Crippen LogP contribution is 2.46. The predicted octanol–water partition coefficient (Wildman–Crippen LogP) is 12.5. The molecule has 0 saturated heterocycles. The van der Waals surface area contributed by atoms with Crippen LogP contribution in [0.1, 0.15) is 6.85 Å². The molecule has 0 atom stereocenters. The van der Waals surface area contributed by atoms with Gasteiger partial charge >= 0.3 is 0 Å². The van der Waals surface area contributed by atoms with E-state index in [9.17, 15) is 0 Å². The number of para-hydroxylation sites is 1. The molecule has 3 heterocycles. The number of hydrogen-bond acceptors (Lipinski definition) is 5. The summed E-state index contributed by atoms with van der Waals surface area (Å²) in [4.78, 5) is 14.3. The van der Waals surface area contributed by atoms with Gasteiger partial charge in [0.25, 0.3) is 0 Å². The number of rotatable bonds is 5. The Bertz CT molecular complexity index is 3130. The molecule has 234 valence electrons. The Morgan fingerprint density at radius 3 is 1.98 bits per heavy atom. The Morgan fingerprint density at radius 2 is 1.16 bits per heavy atom. The predicted molar refractivity (Wildman–Crippen MR) is 207 cm³/mol. The third kappa shape index (κ3) is 4.71. The van der Waals surface area contributed by atoms with Crippen LogP contribution in [0.15, 0.2) is 168 Å². The molecule has 0 bridgehead atoms. The number of benzene rings is 7. The molecule has 0 aliphatic heterocycles. The molecule has 7 aromatic carbocycles. The number of hydrogen-bond donors (Lipinski definition) is 0. The van der Waals surface area contributed by atoms with Gasteiger partial charge in [-0.15, -0.1) is 11.3 Å². The number of nitrogens with zero attached hydrogens (tertiary/aromatic N) is 3. The van der Waals surface area contributed by atoms with Gasteiger partial charge in [-0.1, -0.05) is 139 Å².